The molecule has 3 aromatic rings. The van der Waals surface area contributed by atoms with E-state index in [-0.39, 0.29) is 17.7 Å². The maximum Gasteiger partial charge on any atom is 0.251 e. The molecule has 0 saturated heterocycles. The van der Waals surface area contributed by atoms with Crippen LogP contribution in [0.5, 0.6) is 0 Å². The minimum atomic E-state index is -3.27. The van der Waals surface area contributed by atoms with Gasteiger partial charge in [0.2, 0.25) is 0 Å². The van der Waals surface area contributed by atoms with Crippen molar-refractivity contribution in [3.63, 3.8) is 0 Å². The molecule has 138 valence electrons. The molecule has 7 heteroatoms. The number of hydrogen-bond acceptors (Lipinski definition) is 4. The molecule has 0 bridgehead atoms. The van der Waals surface area contributed by atoms with Crippen LogP contribution in [0.2, 0.25) is 0 Å². The average molecular weight is 381 g/mol. The second-order valence-electron chi connectivity index (χ2n) is 6.57. The highest BCUT2D eigenvalue weighted by atomic mass is 32.2. The summed E-state index contributed by atoms with van der Waals surface area (Å²) in [5.41, 5.74) is 2.25. The van der Waals surface area contributed by atoms with Crippen molar-refractivity contribution in [1.29, 1.82) is 0 Å². The van der Waals surface area contributed by atoms with Gasteiger partial charge >= 0.3 is 0 Å². The van der Waals surface area contributed by atoms with Gasteiger partial charge in [-0.1, -0.05) is 30.3 Å². The topological polar surface area (TPSA) is 81.1 Å². The average Bonchev–Trinajstić information content (AvgIpc) is 3.18. The van der Waals surface area contributed by atoms with Gasteiger partial charge in [-0.05, 0) is 41.8 Å². The Morgan fingerprint density at radius 1 is 1.11 bits per heavy atom. The molecular formula is C20H19N3O3S. The summed E-state index contributed by atoms with van der Waals surface area (Å²) in [6, 6.07) is 15.8. The van der Waals surface area contributed by atoms with Gasteiger partial charge in [-0.15, -0.1) is 0 Å². The fourth-order valence-electron chi connectivity index (χ4n) is 3.32. The Morgan fingerprint density at radius 2 is 1.89 bits per heavy atom. The molecule has 1 aromatic heterocycles. The second-order valence-corrected chi connectivity index (χ2v) is 8.65. The largest absolute Gasteiger partial charge is 0.345 e. The molecule has 1 amide bonds. The van der Waals surface area contributed by atoms with E-state index in [0.717, 1.165) is 5.56 Å². The highest BCUT2D eigenvalue weighted by Gasteiger charge is 2.30. The van der Waals surface area contributed by atoms with Crippen molar-refractivity contribution in [3.8, 4) is 0 Å². The summed E-state index contributed by atoms with van der Waals surface area (Å²) in [6.45, 7) is 0.642. The van der Waals surface area contributed by atoms with Crippen molar-refractivity contribution in [1.82, 2.24) is 15.1 Å². The van der Waals surface area contributed by atoms with Crippen LogP contribution in [0, 0.1) is 0 Å². The lowest BCUT2D eigenvalue weighted by molar-refractivity contribution is 0.0934. The first-order valence-electron chi connectivity index (χ1n) is 8.72. The van der Waals surface area contributed by atoms with Gasteiger partial charge in [0.15, 0.2) is 9.84 Å². The summed E-state index contributed by atoms with van der Waals surface area (Å²) in [6.07, 6.45) is 3.99. The van der Waals surface area contributed by atoms with Crippen LogP contribution in [0.4, 0.5) is 0 Å². The Balaban J connectivity index is 1.49. The number of carbonyl (C=O) groups is 1. The van der Waals surface area contributed by atoms with Crippen molar-refractivity contribution in [3.05, 3.63) is 83.7 Å². The molecule has 0 unspecified atom stereocenters. The highest BCUT2D eigenvalue weighted by Crippen LogP contribution is 2.32. The normalized spacial score (nSPS) is 17.9. The summed E-state index contributed by atoms with van der Waals surface area (Å²) in [7, 11) is -3.27. The van der Waals surface area contributed by atoms with Gasteiger partial charge in [0.05, 0.1) is 23.2 Å². The molecule has 0 radical (unpaired) electrons. The number of sulfone groups is 1. The van der Waals surface area contributed by atoms with Gasteiger partial charge in [0, 0.05) is 18.0 Å². The van der Waals surface area contributed by atoms with Gasteiger partial charge in [-0.2, -0.15) is 5.10 Å². The molecule has 6 nitrogen and oxygen atoms in total. The lowest BCUT2D eigenvalue weighted by atomic mass is 10.0. The lowest BCUT2D eigenvalue weighted by Gasteiger charge is -2.26. The number of hydrogen-bond donors (Lipinski definition) is 1. The van der Waals surface area contributed by atoms with E-state index in [0.29, 0.717) is 29.0 Å². The Hall–Kier alpha value is -2.93. The first-order chi connectivity index (χ1) is 13.0. The number of rotatable bonds is 4. The first-order valence-corrected chi connectivity index (χ1v) is 10.4. The van der Waals surface area contributed by atoms with Crippen molar-refractivity contribution in [2.75, 3.05) is 5.75 Å². The smallest absolute Gasteiger partial charge is 0.251 e. The van der Waals surface area contributed by atoms with E-state index in [1.54, 1.807) is 42.6 Å². The van der Waals surface area contributed by atoms with Gasteiger partial charge in [-0.25, -0.2) is 8.42 Å². The molecule has 0 aliphatic carbocycles. The second kappa shape index (κ2) is 7.00. The molecular weight excluding hydrogens is 362 g/mol. The van der Waals surface area contributed by atoms with Gasteiger partial charge in [0.1, 0.15) is 0 Å². The molecule has 1 aliphatic rings. The molecule has 27 heavy (non-hydrogen) atoms. The fraction of sp³-hybridized carbons (Fsp3) is 0.200. The minimum absolute atomic E-state index is 0.0395. The number of aromatic nitrogens is 2. The maximum atomic E-state index is 12.6. The van der Waals surface area contributed by atoms with Crippen LogP contribution < -0.4 is 5.32 Å². The van der Waals surface area contributed by atoms with E-state index in [1.807, 2.05) is 29.1 Å². The van der Waals surface area contributed by atoms with E-state index in [4.69, 9.17) is 0 Å². The van der Waals surface area contributed by atoms with Crippen LogP contribution in [0.3, 0.4) is 0 Å². The fourth-order valence-corrected chi connectivity index (χ4v) is 4.95. The van der Waals surface area contributed by atoms with Gasteiger partial charge < -0.3 is 5.32 Å². The third kappa shape index (κ3) is 3.64. The van der Waals surface area contributed by atoms with Crippen LogP contribution >= 0.6 is 0 Å². The number of nitrogens with one attached hydrogen (secondary N) is 1. The predicted octanol–water partition coefficient (Wildman–Crippen LogP) is 2.58. The maximum absolute atomic E-state index is 12.6. The van der Waals surface area contributed by atoms with Crippen molar-refractivity contribution in [2.24, 2.45) is 0 Å². The van der Waals surface area contributed by atoms with E-state index < -0.39 is 9.84 Å². The molecule has 0 spiro atoms. The van der Waals surface area contributed by atoms with E-state index in [1.165, 1.54) is 0 Å². The SMILES string of the molecule is O=C(N[C@H]1CCS(=O)(=O)c2ccccc21)c1ccc(Cn2cccn2)cc1. The monoisotopic (exact) mass is 381 g/mol. The number of carbonyl (C=O) groups excluding carboxylic acids is 1. The third-order valence-corrected chi connectivity index (χ3v) is 6.55. The highest BCUT2D eigenvalue weighted by molar-refractivity contribution is 7.91. The van der Waals surface area contributed by atoms with Crippen molar-refractivity contribution < 1.29 is 13.2 Å². The lowest BCUT2D eigenvalue weighted by Crippen LogP contribution is -2.33. The Labute approximate surface area is 157 Å². The van der Waals surface area contributed by atoms with Crippen LogP contribution in [0.25, 0.3) is 0 Å². The molecule has 2 heterocycles. The minimum Gasteiger partial charge on any atom is -0.345 e. The Bertz CT molecular complexity index is 1060. The van der Waals surface area contributed by atoms with Crippen LogP contribution in [-0.4, -0.2) is 29.9 Å². The molecule has 4 rings (SSSR count). The van der Waals surface area contributed by atoms with Crippen LogP contribution in [0.15, 0.2) is 71.9 Å². The van der Waals surface area contributed by atoms with Gasteiger partial charge in [-0.3, -0.25) is 9.48 Å². The summed E-state index contributed by atoms with van der Waals surface area (Å²) in [5, 5.41) is 7.14. The zero-order valence-corrected chi connectivity index (χ0v) is 15.4. The standard InChI is InChI=1S/C20H19N3O3S/c24-20(16-8-6-15(7-9-16)14-23-12-3-11-21-23)22-18-10-13-27(25,26)19-5-2-1-4-17(18)19/h1-9,11-12,18H,10,13-14H2,(H,22,24)/t18-/m0/s1. The molecule has 1 aliphatic heterocycles. The number of benzene rings is 2. The number of fused-ring (bicyclic) bond motifs is 1. The molecule has 0 fully saturated rings. The molecule has 2 aromatic carbocycles. The van der Waals surface area contributed by atoms with Crippen molar-refractivity contribution in [2.45, 2.75) is 23.9 Å². The van der Waals surface area contributed by atoms with Crippen LogP contribution in [0.1, 0.15) is 33.9 Å². The molecule has 0 saturated carbocycles. The summed E-state index contributed by atoms with van der Waals surface area (Å²) >= 11 is 0. The summed E-state index contributed by atoms with van der Waals surface area (Å²) in [4.78, 5) is 13.0. The zero-order valence-electron chi connectivity index (χ0n) is 14.6. The van der Waals surface area contributed by atoms with Gasteiger partial charge in [0.25, 0.3) is 5.91 Å². The summed E-state index contributed by atoms with van der Waals surface area (Å²) in [5.74, 6) is -0.169. The Morgan fingerprint density at radius 3 is 2.63 bits per heavy atom. The quantitative estimate of drug-likeness (QED) is 0.753. The number of amides is 1. The molecule has 1 N–H and O–H groups in total. The summed E-state index contributed by atoms with van der Waals surface area (Å²) < 4.78 is 26.3. The molecule has 1 atom stereocenters. The van der Waals surface area contributed by atoms with Crippen molar-refractivity contribution >= 4 is 15.7 Å². The Kier molecular flexibility index (Phi) is 4.53. The van der Waals surface area contributed by atoms with E-state index in [2.05, 4.69) is 10.4 Å². The predicted molar refractivity (Wildman–Crippen MR) is 101 cm³/mol. The first kappa shape index (κ1) is 17.5. The zero-order chi connectivity index (χ0) is 18.9. The third-order valence-electron chi connectivity index (χ3n) is 4.73. The van der Waals surface area contributed by atoms with E-state index >= 15 is 0 Å². The van der Waals surface area contributed by atoms with Crippen LogP contribution in [-0.2, 0) is 16.4 Å². The number of nitrogens with zero attached hydrogens (tertiary/aromatic N) is 2. The van der Waals surface area contributed by atoms with E-state index in [9.17, 15) is 13.2 Å².